The molecule has 3 heterocycles. The van der Waals surface area contributed by atoms with Crippen molar-refractivity contribution in [1.82, 2.24) is 25.2 Å². The van der Waals surface area contributed by atoms with Gasteiger partial charge in [0.05, 0.1) is 6.20 Å². The number of carbonyl (C=O) groups excluding carboxylic acids is 2. The van der Waals surface area contributed by atoms with Gasteiger partial charge in [0.25, 0.3) is 5.91 Å². The smallest absolute Gasteiger partial charge is 0.326 e. The van der Waals surface area contributed by atoms with E-state index in [1.165, 1.54) is 5.69 Å². The maximum absolute atomic E-state index is 12.0. The van der Waals surface area contributed by atoms with Crippen LogP contribution in [-0.2, 0) is 4.79 Å². The average molecular weight is 461 g/mol. The molecule has 1 aliphatic carbocycles. The van der Waals surface area contributed by atoms with Crippen LogP contribution in [0.5, 0.6) is 0 Å². The summed E-state index contributed by atoms with van der Waals surface area (Å²) in [5, 5.41) is 16.1. The van der Waals surface area contributed by atoms with Gasteiger partial charge in [-0.15, -0.1) is 0 Å². The quantitative estimate of drug-likeness (QED) is 0.285. The summed E-state index contributed by atoms with van der Waals surface area (Å²) in [7, 11) is 0. The van der Waals surface area contributed by atoms with Crippen LogP contribution >= 0.6 is 0 Å². The van der Waals surface area contributed by atoms with E-state index in [0.29, 0.717) is 23.1 Å². The van der Waals surface area contributed by atoms with Crippen LogP contribution in [0.1, 0.15) is 38.7 Å². The zero-order chi connectivity index (χ0) is 23.7. The summed E-state index contributed by atoms with van der Waals surface area (Å²) in [6, 6.07) is 10.1. The van der Waals surface area contributed by atoms with Crippen LogP contribution in [0, 0.1) is 0 Å². The van der Waals surface area contributed by atoms with Gasteiger partial charge in [-0.1, -0.05) is 6.92 Å². The number of carbonyl (C=O) groups is 2. The standard InChI is InChI=1S/C24H28N8O2/c1-3-11-31(4-2)18-9-7-16(8-10-18)26-20-13-21(27-17-5-6-17)32-22(29-20)15(14-25-32)12-19-23(33)30-24(34)28-19/h7-10,12-14,17,27H,3-6,11H2,1-2H3,(H,26,29)(H2,28,30,33,34)/b19-12-. The normalized spacial score (nSPS) is 16.6. The lowest BCUT2D eigenvalue weighted by atomic mass is 10.2. The van der Waals surface area contributed by atoms with Gasteiger partial charge in [0.1, 0.15) is 17.3 Å². The summed E-state index contributed by atoms with van der Waals surface area (Å²) < 4.78 is 1.72. The van der Waals surface area contributed by atoms with E-state index in [1.807, 2.05) is 18.2 Å². The molecule has 0 bridgehead atoms. The van der Waals surface area contributed by atoms with E-state index in [9.17, 15) is 9.59 Å². The molecule has 10 heteroatoms. The summed E-state index contributed by atoms with van der Waals surface area (Å²) in [5.41, 5.74) is 3.48. The van der Waals surface area contributed by atoms with E-state index < -0.39 is 11.9 Å². The molecule has 2 aromatic heterocycles. The monoisotopic (exact) mass is 460 g/mol. The van der Waals surface area contributed by atoms with E-state index >= 15 is 0 Å². The first-order chi connectivity index (χ1) is 16.5. The number of hydrogen-bond acceptors (Lipinski definition) is 7. The first-order valence-corrected chi connectivity index (χ1v) is 11.7. The van der Waals surface area contributed by atoms with E-state index in [-0.39, 0.29) is 5.70 Å². The molecule has 0 atom stereocenters. The van der Waals surface area contributed by atoms with Crippen molar-refractivity contribution >= 4 is 46.7 Å². The highest BCUT2D eigenvalue weighted by molar-refractivity contribution is 6.14. The predicted octanol–water partition coefficient (Wildman–Crippen LogP) is 3.46. The Morgan fingerprint density at radius 1 is 1.18 bits per heavy atom. The number of rotatable bonds is 9. The second-order valence-electron chi connectivity index (χ2n) is 8.50. The maximum atomic E-state index is 12.0. The minimum absolute atomic E-state index is 0.167. The van der Waals surface area contributed by atoms with Crippen LogP contribution < -0.4 is 26.2 Å². The zero-order valence-electron chi connectivity index (χ0n) is 19.3. The van der Waals surface area contributed by atoms with Gasteiger partial charge in [-0.05, 0) is 56.5 Å². The lowest BCUT2D eigenvalue weighted by Gasteiger charge is -2.22. The number of nitrogens with zero attached hydrogens (tertiary/aromatic N) is 4. The third-order valence-electron chi connectivity index (χ3n) is 5.83. The Morgan fingerprint density at radius 2 is 1.97 bits per heavy atom. The Balaban J connectivity index is 1.46. The maximum Gasteiger partial charge on any atom is 0.326 e. The van der Waals surface area contributed by atoms with Crippen LogP contribution in [0.3, 0.4) is 0 Å². The molecular weight excluding hydrogens is 432 g/mol. The lowest BCUT2D eigenvalue weighted by Crippen LogP contribution is -2.23. The molecule has 1 saturated carbocycles. The molecule has 2 aliphatic rings. The SMILES string of the molecule is CCCN(CC)c1ccc(Nc2cc(NC3CC3)n3ncc(/C=C4\NC(=O)NC4=O)c3n2)cc1. The van der Waals surface area contributed by atoms with Gasteiger partial charge in [0.2, 0.25) is 0 Å². The van der Waals surface area contributed by atoms with Crippen LogP contribution in [0.15, 0.2) is 42.2 Å². The van der Waals surface area contributed by atoms with Crippen molar-refractivity contribution in [1.29, 1.82) is 0 Å². The number of amides is 3. The van der Waals surface area contributed by atoms with Gasteiger partial charge in [-0.25, -0.2) is 9.78 Å². The van der Waals surface area contributed by atoms with Crippen LogP contribution in [0.2, 0.25) is 0 Å². The molecule has 1 aromatic carbocycles. The fourth-order valence-electron chi connectivity index (χ4n) is 3.97. The fraction of sp³-hybridized carbons (Fsp3) is 0.333. The summed E-state index contributed by atoms with van der Waals surface area (Å²) in [6.07, 6.45) is 6.55. The minimum Gasteiger partial charge on any atom is -0.372 e. The van der Waals surface area contributed by atoms with Gasteiger partial charge < -0.3 is 20.9 Å². The third kappa shape index (κ3) is 4.52. The molecule has 34 heavy (non-hydrogen) atoms. The van der Waals surface area contributed by atoms with Crippen molar-refractivity contribution in [2.75, 3.05) is 28.6 Å². The predicted molar refractivity (Wildman–Crippen MR) is 132 cm³/mol. The summed E-state index contributed by atoms with van der Waals surface area (Å²) in [5.74, 6) is 1.000. The first-order valence-electron chi connectivity index (χ1n) is 11.7. The molecular formula is C24H28N8O2. The molecule has 0 unspecified atom stereocenters. The van der Waals surface area contributed by atoms with E-state index in [1.54, 1.807) is 16.8 Å². The highest BCUT2D eigenvalue weighted by Gasteiger charge is 2.25. The topological polar surface area (TPSA) is 116 Å². The zero-order valence-corrected chi connectivity index (χ0v) is 19.3. The molecule has 4 N–H and O–H groups in total. The number of imide groups is 1. The Kier molecular flexibility index (Phi) is 5.79. The van der Waals surface area contributed by atoms with Gasteiger partial charge in [-0.3, -0.25) is 10.1 Å². The molecule has 0 spiro atoms. The summed E-state index contributed by atoms with van der Waals surface area (Å²) >= 11 is 0. The summed E-state index contributed by atoms with van der Waals surface area (Å²) in [6.45, 7) is 6.33. The summed E-state index contributed by atoms with van der Waals surface area (Å²) in [4.78, 5) is 30.6. The molecule has 1 saturated heterocycles. The van der Waals surface area contributed by atoms with Crippen molar-refractivity contribution < 1.29 is 9.59 Å². The number of hydrogen-bond donors (Lipinski definition) is 4. The van der Waals surface area contributed by atoms with Crippen LogP contribution in [0.25, 0.3) is 11.7 Å². The number of aromatic nitrogens is 3. The van der Waals surface area contributed by atoms with E-state index in [4.69, 9.17) is 4.98 Å². The highest BCUT2D eigenvalue weighted by atomic mass is 16.2. The Bertz CT molecular complexity index is 1260. The first kappa shape index (κ1) is 21.7. The van der Waals surface area contributed by atoms with Gasteiger partial charge in [-0.2, -0.15) is 9.61 Å². The largest absolute Gasteiger partial charge is 0.372 e. The number of benzene rings is 1. The van der Waals surface area contributed by atoms with E-state index in [0.717, 1.165) is 43.9 Å². The van der Waals surface area contributed by atoms with Gasteiger partial charge >= 0.3 is 6.03 Å². The molecule has 3 amide bonds. The lowest BCUT2D eigenvalue weighted by molar-refractivity contribution is -0.115. The van der Waals surface area contributed by atoms with Crippen LogP contribution in [-0.4, -0.2) is 45.7 Å². The molecule has 2 fully saturated rings. The van der Waals surface area contributed by atoms with Gasteiger partial charge in [0, 0.05) is 42.1 Å². The molecule has 10 nitrogen and oxygen atoms in total. The van der Waals surface area contributed by atoms with Crippen molar-refractivity contribution in [2.45, 2.75) is 39.2 Å². The molecule has 0 radical (unpaired) electrons. The molecule has 1 aliphatic heterocycles. The molecule has 5 rings (SSSR count). The number of anilines is 4. The second kappa shape index (κ2) is 9.05. The fourth-order valence-corrected chi connectivity index (χ4v) is 3.97. The third-order valence-corrected chi connectivity index (χ3v) is 5.83. The van der Waals surface area contributed by atoms with Crippen molar-refractivity contribution in [3.05, 3.63) is 47.8 Å². The average Bonchev–Trinajstić information content (AvgIpc) is 3.46. The molecule has 3 aromatic rings. The second-order valence-corrected chi connectivity index (χ2v) is 8.50. The highest BCUT2D eigenvalue weighted by Crippen LogP contribution is 2.29. The Hall–Kier alpha value is -4.08. The van der Waals surface area contributed by atoms with Crippen molar-refractivity contribution in [3.63, 3.8) is 0 Å². The Morgan fingerprint density at radius 3 is 2.62 bits per heavy atom. The number of fused-ring (bicyclic) bond motifs is 1. The number of urea groups is 1. The van der Waals surface area contributed by atoms with Crippen molar-refractivity contribution in [3.8, 4) is 0 Å². The Labute approximate surface area is 197 Å². The van der Waals surface area contributed by atoms with E-state index in [2.05, 4.69) is 57.2 Å². The number of nitrogens with one attached hydrogen (secondary N) is 4. The minimum atomic E-state index is -0.539. The van der Waals surface area contributed by atoms with Crippen LogP contribution in [0.4, 0.5) is 27.8 Å². The van der Waals surface area contributed by atoms with Gasteiger partial charge in [0.15, 0.2) is 5.65 Å². The molecule has 176 valence electrons. The van der Waals surface area contributed by atoms with Crippen molar-refractivity contribution in [2.24, 2.45) is 0 Å².